The number of aryl methyl sites for hydroxylation is 2. The summed E-state index contributed by atoms with van der Waals surface area (Å²) in [5.41, 5.74) is 1.02. The van der Waals surface area contributed by atoms with Gasteiger partial charge in [0.15, 0.2) is 0 Å². The zero-order valence-electron chi connectivity index (χ0n) is 20.3. The summed E-state index contributed by atoms with van der Waals surface area (Å²) in [5.74, 6) is 2.58. The Morgan fingerprint density at radius 1 is 1.06 bits per heavy atom. The average molecular weight is 464 g/mol. The van der Waals surface area contributed by atoms with E-state index in [1.807, 2.05) is 0 Å². The van der Waals surface area contributed by atoms with Gasteiger partial charge in [0.1, 0.15) is 17.5 Å². The van der Waals surface area contributed by atoms with Crippen molar-refractivity contribution in [2.24, 2.45) is 7.05 Å². The van der Waals surface area contributed by atoms with Crippen molar-refractivity contribution in [2.45, 2.75) is 64.5 Å². The fraction of sp³-hybridized carbons (Fsp3) is 0.727. The third kappa shape index (κ3) is 5.83. The lowest BCUT2D eigenvalue weighted by atomic mass is 9.95. The van der Waals surface area contributed by atoms with Crippen LogP contribution in [0.25, 0.3) is 0 Å². The van der Waals surface area contributed by atoms with Gasteiger partial charge in [-0.3, -0.25) is 4.90 Å². The van der Waals surface area contributed by atoms with E-state index in [0.717, 1.165) is 62.9 Å². The first-order chi connectivity index (χ1) is 15.0. The maximum atomic E-state index is 12.6. The maximum Gasteiger partial charge on any atom is 0.249 e. The van der Waals surface area contributed by atoms with Crippen LogP contribution in [0.4, 0.5) is 5.82 Å². The van der Waals surface area contributed by atoms with E-state index < -0.39 is 9.84 Å². The zero-order valence-corrected chi connectivity index (χ0v) is 21.1. The molecule has 0 amide bonds. The number of hydrogen-bond donors (Lipinski definition) is 0. The number of sulfone groups is 1. The Hall–Kier alpha value is -2.07. The highest BCUT2D eigenvalue weighted by atomic mass is 32.2. The molecule has 0 bridgehead atoms. The van der Waals surface area contributed by atoms with Crippen LogP contribution in [-0.2, 0) is 28.7 Å². The first-order valence-corrected chi connectivity index (χ1v) is 13.1. The highest BCUT2D eigenvalue weighted by Gasteiger charge is 2.25. The minimum absolute atomic E-state index is 0.0566. The maximum absolute atomic E-state index is 12.6. The summed E-state index contributed by atoms with van der Waals surface area (Å²) in [6.07, 6.45) is 2.60. The van der Waals surface area contributed by atoms with Crippen molar-refractivity contribution < 1.29 is 8.42 Å². The van der Waals surface area contributed by atoms with Crippen molar-refractivity contribution in [3.05, 3.63) is 23.4 Å². The van der Waals surface area contributed by atoms with Crippen LogP contribution in [0.2, 0.25) is 0 Å². The number of aromatic nitrogens is 5. The van der Waals surface area contributed by atoms with Crippen LogP contribution in [0.1, 0.15) is 57.9 Å². The van der Waals surface area contributed by atoms with Gasteiger partial charge in [0.2, 0.25) is 15.0 Å². The van der Waals surface area contributed by atoms with Gasteiger partial charge in [0.25, 0.3) is 0 Å². The smallest absolute Gasteiger partial charge is 0.249 e. The molecule has 32 heavy (non-hydrogen) atoms. The van der Waals surface area contributed by atoms with E-state index >= 15 is 0 Å². The van der Waals surface area contributed by atoms with Crippen LogP contribution in [0.5, 0.6) is 0 Å². The minimum Gasteiger partial charge on any atom is -0.354 e. The molecule has 3 heterocycles. The molecule has 0 aromatic carbocycles. The second kappa shape index (κ2) is 9.82. The average Bonchev–Trinajstić information content (AvgIpc) is 3.07. The van der Waals surface area contributed by atoms with Gasteiger partial charge in [-0.1, -0.05) is 34.1 Å². The quantitative estimate of drug-likeness (QED) is 0.587. The summed E-state index contributed by atoms with van der Waals surface area (Å²) >= 11 is 0. The Bertz CT molecular complexity index is 1020. The summed E-state index contributed by atoms with van der Waals surface area (Å²) in [4.78, 5) is 14.3. The molecule has 2 aromatic heterocycles. The van der Waals surface area contributed by atoms with Crippen molar-refractivity contribution in [1.29, 1.82) is 0 Å². The summed E-state index contributed by atoms with van der Waals surface area (Å²) < 4.78 is 26.7. The molecule has 0 unspecified atom stereocenters. The van der Waals surface area contributed by atoms with Crippen molar-refractivity contribution >= 4 is 15.7 Å². The van der Waals surface area contributed by atoms with Gasteiger partial charge in [-0.2, -0.15) is 0 Å². The Kier molecular flexibility index (Phi) is 7.54. The van der Waals surface area contributed by atoms with Crippen LogP contribution in [0, 0.1) is 6.92 Å². The molecule has 9 nitrogen and oxygen atoms in total. The van der Waals surface area contributed by atoms with Crippen molar-refractivity contribution in [3.63, 3.8) is 0 Å². The van der Waals surface area contributed by atoms with Gasteiger partial charge in [0, 0.05) is 50.4 Å². The molecule has 0 atom stereocenters. The van der Waals surface area contributed by atoms with Gasteiger partial charge in [0.05, 0.1) is 5.75 Å². The topological polar surface area (TPSA) is 97.1 Å². The fourth-order valence-corrected chi connectivity index (χ4v) is 5.20. The molecular formula is C22H37N7O2S. The highest BCUT2D eigenvalue weighted by molar-refractivity contribution is 7.91. The number of anilines is 1. The number of rotatable bonds is 8. The summed E-state index contributed by atoms with van der Waals surface area (Å²) in [6.45, 7) is 14.7. The Morgan fingerprint density at radius 3 is 2.31 bits per heavy atom. The lowest BCUT2D eigenvalue weighted by Gasteiger charge is -2.36. The van der Waals surface area contributed by atoms with E-state index in [2.05, 4.69) is 53.8 Å². The molecule has 0 spiro atoms. The predicted octanol–water partition coefficient (Wildman–Crippen LogP) is 2.15. The molecule has 0 aliphatic carbocycles. The van der Waals surface area contributed by atoms with E-state index in [4.69, 9.17) is 9.97 Å². The van der Waals surface area contributed by atoms with Gasteiger partial charge >= 0.3 is 0 Å². The molecule has 1 aliphatic heterocycles. The van der Waals surface area contributed by atoms with Crippen molar-refractivity contribution in [3.8, 4) is 0 Å². The molecule has 3 rings (SSSR count). The van der Waals surface area contributed by atoms with Crippen LogP contribution >= 0.6 is 0 Å². The number of piperazine rings is 1. The zero-order chi connectivity index (χ0) is 23.5. The molecule has 0 saturated carbocycles. The van der Waals surface area contributed by atoms with E-state index in [-0.39, 0.29) is 16.3 Å². The van der Waals surface area contributed by atoms with Crippen LogP contribution in [0.3, 0.4) is 0 Å². The summed E-state index contributed by atoms with van der Waals surface area (Å²) in [5, 5.41) is 7.75. The van der Waals surface area contributed by atoms with Crippen LogP contribution < -0.4 is 4.90 Å². The lowest BCUT2D eigenvalue weighted by molar-refractivity contribution is 0.258. The molecule has 1 fully saturated rings. The second-order valence-electron chi connectivity index (χ2n) is 9.63. The second-order valence-corrected chi connectivity index (χ2v) is 11.6. The standard InChI is InChI=1S/C22H37N7O2S/c1-7-9-18-16-19(24-20(23-18)22(3,4)5)29-13-11-28(12-14-29)10-8-15-32(30,31)21-26-25-17(2)27(21)6/h16H,7-15H2,1-6H3. The lowest BCUT2D eigenvalue weighted by Crippen LogP contribution is -2.47. The van der Waals surface area contributed by atoms with E-state index in [1.165, 1.54) is 4.57 Å². The molecule has 1 aliphatic rings. The van der Waals surface area contributed by atoms with Gasteiger partial charge in [-0.05, 0) is 26.3 Å². The molecule has 178 valence electrons. The molecule has 2 aromatic rings. The SMILES string of the molecule is CCCc1cc(N2CCN(CCCS(=O)(=O)c3nnc(C)n3C)CC2)nc(C(C)(C)C)n1. The van der Waals surface area contributed by atoms with Crippen LogP contribution in [0.15, 0.2) is 11.2 Å². The monoisotopic (exact) mass is 463 g/mol. The first-order valence-electron chi connectivity index (χ1n) is 11.5. The largest absolute Gasteiger partial charge is 0.354 e. The number of nitrogens with zero attached hydrogens (tertiary/aromatic N) is 7. The van der Waals surface area contributed by atoms with Gasteiger partial charge in [-0.15, -0.1) is 10.2 Å². The summed E-state index contributed by atoms with van der Waals surface area (Å²) in [6, 6.07) is 2.13. The van der Waals surface area contributed by atoms with E-state index in [1.54, 1.807) is 14.0 Å². The van der Waals surface area contributed by atoms with Crippen LogP contribution in [-0.4, -0.2) is 76.5 Å². The third-order valence-corrected chi connectivity index (χ3v) is 7.60. The van der Waals surface area contributed by atoms with E-state index in [0.29, 0.717) is 12.2 Å². The molecular weight excluding hydrogens is 426 g/mol. The van der Waals surface area contributed by atoms with Crippen molar-refractivity contribution in [2.75, 3.05) is 43.4 Å². The first kappa shape index (κ1) is 24.6. The van der Waals surface area contributed by atoms with Gasteiger partial charge in [-0.25, -0.2) is 18.4 Å². The Morgan fingerprint density at radius 2 is 1.75 bits per heavy atom. The Labute approximate surface area is 192 Å². The Balaban J connectivity index is 1.56. The molecule has 0 N–H and O–H groups in total. The van der Waals surface area contributed by atoms with E-state index in [9.17, 15) is 8.42 Å². The van der Waals surface area contributed by atoms with Gasteiger partial charge < -0.3 is 9.47 Å². The minimum atomic E-state index is -3.42. The fourth-order valence-electron chi connectivity index (χ4n) is 3.79. The van der Waals surface area contributed by atoms with Crippen molar-refractivity contribution in [1.82, 2.24) is 29.6 Å². The molecule has 0 radical (unpaired) electrons. The summed E-state index contributed by atoms with van der Waals surface area (Å²) in [7, 11) is -1.73. The third-order valence-electron chi connectivity index (χ3n) is 5.86. The molecule has 1 saturated heterocycles. The predicted molar refractivity (Wildman–Crippen MR) is 126 cm³/mol. The normalized spacial score (nSPS) is 16.0. The highest BCUT2D eigenvalue weighted by Crippen LogP contribution is 2.23. The number of hydrogen-bond acceptors (Lipinski definition) is 8. The molecule has 10 heteroatoms.